The number of carbonyl (C=O) groups excluding carboxylic acids is 1. The summed E-state index contributed by atoms with van der Waals surface area (Å²) in [5.74, 6) is 5.51. The van der Waals surface area contributed by atoms with E-state index in [1.54, 1.807) is 0 Å². The van der Waals surface area contributed by atoms with Gasteiger partial charge in [0.1, 0.15) is 17.0 Å². The Balaban J connectivity index is 2.09. The van der Waals surface area contributed by atoms with E-state index in [9.17, 15) is 4.79 Å². The van der Waals surface area contributed by atoms with Gasteiger partial charge in [-0.1, -0.05) is 19.0 Å². The van der Waals surface area contributed by atoms with Crippen LogP contribution in [0.5, 0.6) is 0 Å². The number of nitrogens with one attached hydrogen (secondary N) is 1. The first-order valence-electron chi connectivity index (χ1n) is 5.74. The van der Waals surface area contributed by atoms with E-state index in [-0.39, 0.29) is 12.1 Å². The number of carbonyl (C=O) groups is 1. The van der Waals surface area contributed by atoms with Crippen molar-refractivity contribution in [2.24, 2.45) is 16.1 Å². The summed E-state index contributed by atoms with van der Waals surface area (Å²) in [5.41, 5.74) is 3.54. The van der Waals surface area contributed by atoms with Crippen molar-refractivity contribution in [3.8, 4) is 0 Å². The molecule has 7 heteroatoms. The molecule has 7 nitrogen and oxygen atoms in total. The van der Waals surface area contributed by atoms with Gasteiger partial charge in [0.25, 0.3) is 0 Å². The predicted molar refractivity (Wildman–Crippen MR) is 63.3 cm³/mol. The number of urea groups is 1. The molecular weight excluding hydrogens is 222 g/mol. The Bertz CT molecular complexity index is 386. The van der Waals surface area contributed by atoms with Crippen molar-refractivity contribution in [3.05, 3.63) is 0 Å². The SMILES string of the molecule is CCC1(CC)CC(C2=NNC(=O)N(N)C2)=NO1. The van der Waals surface area contributed by atoms with Gasteiger partial charge in [0.05, 0.1) is 6.54 Å². The third kappa shape index (κ3) is 2.10. The van der Waals surface area contributed by atoms with E-state index >= 15 is 0 Å². The van der Waals surface area contributed by atoms with Gasteiger partial charge in [0.15, 0.2) is 0 Å². The van der Waals surface area contributed by atoms with Crippen LogP contribution in [0.1, 0.15) is 33.1 Å². The predicted octanol–water partition coefficient (Wildman–Crippen LogP) is 0.576. The fourth-order valence-electron chi connectivity index (χ4n) is 1.91. The second-order valence-electron chi connectivity index (χ2n) is 4.30. The summed E-state index contributed by atoms with van der Waals surface area (Å²) in [4.78, 5) is 16.6. The average molecular weight is 239 g/mol. The van der Waals surface area contributed by atoms with Gasteiger partial charge in [-0.15, -0.1) is 0 Å². The molecule has 2 rings (SSSR count). The average Bonchev–Trinajstić information content (AvgIpc) is 2.78. The topological polar surface area (TPSA) is 92.3 Å². The number of amides is 2. The zero-order chi connectivity index (χ0) is 12.5. The molecule has 0 aromatic heterocycles. The highest BCUT2D eigenvalue weighted by Crippen LogP contribution is 2.31. The number of oxime groups is 1. The molecule has 0 unspecified atom stereocenters. The number of hydrazone groups is 1. The molecule has 0 saturated carbocycles. The second-order valence-corrected chi connectivity index (χ2v) is 4.30. The molecule has 3 N–H and O–H groups in total. The smallest absolute Gasteiger partial charge is 0.352 e. The fraction of sp³-hybridized carbons (Fsp3) is 0.700. The molecule has 17 heavy (non-hydrogen) atoms. The van der Waals surface area contributed by atoms with Crippen LogP contribution in [0, 0.1) is 0 Å². The molecule has 2 heterocycles. The summed E-state index contributed by atoms with van der Waals surface area (Å²) < 4.78 is 0. The molecule has 0 aliphatic carbocycles. The van der Waals surface area contributed by atoms with E-state index in [4.69, 9.17) is 10.7 Å². The lowest BCUT2D eigenvalue weighted by Crippen LogP contribution is -2.51. The van der Waals surface area contributed by atoms with Gasteiger partial charge < -0.3 is 4.84 Å². The van der Waals surface area contributed by atoms with E-state index in [2.05, 4.69) is 29.5 Å². The molecule has 2 aliphatic rings. The molecule has 0 bridgehead atoms. The van der Waals surface area contributed by atoms with Gasteiger partial charge in [-0.25, -0.2) is 16.1 Å². The Hall–Kier alpha value is -1.63. The molecule has 0 atom stereocenters. The molecule has 0 fully saturated rings. The molecule has 94 valence electrons. The minimum atomic E-state index is -0.412. The largest absolute Gasteiger partial charge is 0.389 e. The van der Waals surface area contributed by atoms with Crippen LogP contribution in [0.2, 0.25) is 0 Å². The molecule has 0 saturated heterocycles. The lowest BCUT2D eigenvalue weighted by atomic mass is 9.90. The van der Waals surface area contributed by atoms with E-state index in [0.29, 0.717) is 12.1 Å². The van der Waals surface area contributed by atoms with Gasteiger partial charge in [0, 0.05) is 6.42 Å². The van der Waals surface area contributed by atoms with E-state index in [1.165, 1.54) is 0 Å². The summed E-state index contributed by atoms with van der Waals surface area (Å²) >= 11 is 0. The third-order valence-electron chi connectivity index (χ3n) is 3.33. The Kier molecular flexibility index (Phi) is 3.01. The summed E-state index contributed by atoms with van der Waals surface area (Å²) in [6.45, 7) is 4.40. The summed E-state index contributed by atoms with van der Waals surface area (Å²) in [6, 6.07) is -0.412. The van der Waals surface area contributed by atoms with Crippen molar-refractivity contribution >= 4 is 17.5 Å². The summed E-state index contributed by atoms with van der Waals surface area (Å²) in [6.07, 6.45) is 2.49. The van der Waals surface area contributed by atoms with Crippen LogP contribution in [0.15, 0.2) is 10.3 Å². The first-order chi connectivity index (χ1) is 8.10. The van der Waals surface area contributed by atoms with Crippen molar-refractivity contribution < 1.29 is 9.63 Å². The first kappa shape index (κ1) is 11.8. The number of hydrogen-bond donors (Lipinski definition) is 2. The molecule has 0 aromatic carbocycles. The maximum Gasteiger partial charge on any atom is 0.352 e. The Morgan fingerprint density at radius 3 is 2.71 bits per heavy atom. The highest BCUT2D eigenvalue weighted by Gasteiger charge is 2.38. The number of rotatable bonds is 3. The normalized spacial score (nSPS) is 22.8. The summed E-state index contributed by atoms with van der Waals surface area (Å²) in [5, 5.41) is 9.10. The van der Waals surface area contributed by atoms with Crippen molar-refractivity contribution in [1.29, 1.82) is 0 Å². The van der Waals surface area contributed by atoms with Crippen LogP contribution in [0.4, 0.5) is 4.79 Å². The van der Waals surface area contributed by atoms with Gasteiger partial charge in [-0.2, -0.15) is 5.10 Å². The van der Waals surface area contributed by atoms with Gasteiger partial charge in [0.2, 0.25) is 0 Å². The quantitative estimate of drug-likeness (QED) is 0.557. The standard InChI is InChI=1S/C10H17N5O2/c1-3-10(4-2)5-7(14-17-10)8-6-15(11)9(16)13-12-8/h3-6,11H2,1-2H3,(H,13,16). The molecule has 0 aromatic rings. The van der Waals surface area contributed by atoms with Gasteiger partial charge in [-0.05, 0) is 12.8 Å². The number of hydrogen-bond acceptors (Lipinski definition) is 5. The van der Waals surface area contributed by atoms with Crippen molar-refractivity contribution in [1.82, 2.24) is 10.4 Å². The van der Waals surface area contributed by atoms with Gasteiger partial charge in [-0.3, -0.25) is 5.01 Å². The van der Waals surface area contributed by atoms with Crippen LogP contribution in [-0.2, 0) is 4.84 Å². The Labute approximate surface area is 99.6 Å². The number of nitrogens with zero attached hydrogens (tertiary/aromatic N) is 3. The van der Waals surface area contributed by atoms with Crippen molar-refractivity contribution in [2.45, 2.75) is 38.7 Å². The second kappa shape index (κ2) is 4.33. The van der Waals surface area contributed by atoms with Crippen LogP contribution in [0.25, 0.3) is 0 Å². The molecule has 2 aliphatic heterocycles. The lowest BCUT2D eigenvalue weighted by molar-refractivity contribution is -0.0243. The van der Waals surface area contributed by atoms with E-state index in [0.717, 1.165) is 23.6 Å². The van der Waals surface area contributed by atoms with E-state index < -0.39 is 6.03 Å². The van der Waals surface area contributed by atoms with Crippen LogP contribution < -0.4 is 11.3 Å². The minimum Gasteiger partial charge on any atom is -0.389 e. The molecule has 2 amide bonds. The van der Waals surface area contributed by atoms with Crippen molar-refractivity contribution in [2.75, 3.05) is 6.54 Å². The van der Waals surface area contributed by atoms with Crippen LogP contribution in [-0.4, -0.2) is 34.6 Å². The highest BCUT2D eigenvalue weighted by atomic mass is 16.7. The zero-order valence-corrected chi connectivity index (χ0v) is 10.1. The number of hydrazine groups is 1. The maximum atomic E-state index is 11.1. The third-order valence-corrected chi connectivity index (χ3v) is 3.33. The summed E-state index contributed by atoms with van der Waals surface area (Å²) in [7, 11) is 0. The first-order valence-corrected chi connectivity index (χ1v) is 5.74. The maximum absolute atomic E-state index is 11.1. The molecular formula is C10H17N5O2. The zero-order valence-electron chi connectivity index (χ0n) is 10.1. The monoisotopic (exact) mass is 239 g/mol. The lowest BCUT2D eigenvalue weighted by Gasteiger charge is -2.24. The van der Waals surface area contributed by atoms with Crippen LogP contribution >= 0.6 is 0 Å². The van der Waals surface area contributed by atoms with E-state index in [1.807, 2.05) is 0 Å². The van der Waals surface area contributed by atoms with Crippen molar-refractivity contribution in [3.63, 3.8) is 0 Å². The fourth-order valence-corrected chi connectivity index (χ4v) is 1.91. The highest BCUT2D eigenvalue weighted by molar-refractivity contribution is 6.44. The number of nitrogens with two attached hydrogens (primary N) is 1. The Morgan fingerprint density at radius 2 is 2.18 bits per heavy atom. The molecule has 0 radical (unpaired) electrons. The molecule has 0 spiro atoms. The van der Waals surface area contributed by atoms with Crippen LogP contribution in [0.3, 0.4) is 0 Å². The minimum absolute atomic E-state index is 0.223. The van der Waals surface area contributed by atoms with Gasteiger partial charge >= 0.3 is 6.03 Å². The Morgan fingerprint density at radius 1 is 1.47 bits per heavy atom.